The Morgan fingerprint density at radius 2 is 1.87 bits per heavy atom. The van der Waals surface area contributed by atoms with Gasteiger partial charge in [-0.2, -0.15) is 0 Å². The van der Waals surface area contributed by atoms with Crippen LogP contribution in [0.3, 0.4) is 0 Å². The van der Waals surface area contributed by atoms with Crippen molar-refractivity contribution in [3.8, 4) is 5.75 Å². The summed E-state index contributed by atoms with van der Waals surface area (Å²) in [6.45, 7) is 11.1. The maximum absolute atomic E-state index is 11.9. The van der Waals surface area contributed by atoms with E-state index in [2.05, 4.69) is 33.0 Å². The van der Waals surface area contributed by atoms with E-state index in [1.807, 2.05) is 32.9 Å². The number of nitrogens with one attached hydrogen (secondary N) is 3. The van der Waals surface area contributed by atoms with Gasteiger partial charge in [-0.15, -0.1) is 24.0 Å². The SMILES string of the molecule is CCNC(=NCC(c1ccc(OC)cc1)N1CCOCC1)NCCC(=O)NC(C)C.I. The predicted octanol–water partition coefficient (Wildman–Crippen LogP) is 2.16. The highest BCUT2D eigenvalue weighted by atomic mass is 127. The Balaban J connectivity index is 0.00000480. The molecule has 1 saturated heterocycles. The number of benzene rings is 1. The molecule has 0 radical (unpaired) electrons. The van der Waals surface area contributed by atoms with Crippen molar-refractivity contribution in [1.29, 1.82) is 0 Å². The van der Waals surface area contributed by atoms with Crippen LogP contribution in [0.15, 0.2) is 29.3 Å². The Labute approximate surface area is 203 Å². The maximum Gasteiger partial charge on any atom is 0.221 e. The summed E-state index contributed by atoms with van der Waals surface area (Å²) in [5.74, 6) is 1.61. The predicted molar refractivity (Wildman–Crippen MR) is 135 cm³/mol. The minimum atomic E-state index is 0. The molecule has 8 nitrogen and oxygen atoms in total. The Morgan fingerprint density at radius 3 is 2.45 bits per heavy atom. The molecule has 0 saturated carbocycles. The molecular formula is C22H38IN5O3. The van der Waals surface area contributed by atoms with E-state index < -0.39 is 0 Å². The first-order chi connectivity index (χ1) is 14.5. The van der Waals surface area contributed by atoms with Crippen LogP contribution in [-0.2, 0) is 9.53 Å². The Kier molecular flexibility index (Phi) is 13.5. The van der Waals surface area contributed by atoms with Crippen molar-refractivity contribution in [2.75, 3.05) is 53.0 Å². The fraction of sp³-hybridized carbons (Fsp3) is 0.636. The minimum Gasteiger partial charge on any atom is -0.497 e. The average molecular weight is 547 g/mol. The molecule has 176 valence electrons. The fourth-order valence-electron chi connectivity index (χ4n) is 3.35. The van der Waals surface area contributed by atoms with Gasteiger partial charge in [-0.25, -0.2) is 0 Å². The van der Waals surface area contributed by atoms with Crippen LogP contribution in [0.2, 0.25) is 0 Å². The first-order valence-corrected chi connectivity index (χ1v) is 10.8. The van der Waals surface area contributed by atoms with Gasteiger partial charge in [0, 0.05) is 38.6 Å². The molecule has 1 heterocycles. The minimum absolute atomic E-state index is 0. The quantitative estimate of drug-likeness (QED) is 0.237. The van der Waals surface area contributed by atoms with E-state index in [4.69, 9.17) is 14.5 Å². The molecule has 1 unspecified atom stereocenters. The van der Waals surface area contributed by atoms with Gasteiger partial charge in [-0.05, 0) is 38.5 Å². The number of amides is 1. The van der Waals surface area contributed by atoms with Crippen molar-refractivity contribution >= 4 is 35.8 Å². The normalized spacial score (nSPS) is 15.7. The lowest BCUT2D eigenvalue weighted by Crippen LogP contribution is -2.42. The van der Waals surface area contributed by atoms with Crippen molar-refractivity contribution in [2.45, 2.75) is 39.3 Å². The van der Waals surface area contributed by atoms with Gasteiger partial charge in [0.2, 0.25) is 5.91 Å². The van der Waals surface area contributed by atoms with Crippen LogP contribution in [0.5, 0.6) is 5.75 Å². The van der Waals surface area contributed by atoms with Gasteiger partial charge in [0.15, 0.2) is 5.96 Å². The number of halogens is 1. The number of aliphatic imine (C=N–C) groups is 1. The van der Waals surface area contributed by atoms with E-state index in [-0.39, 0.29) is 42.0 Å². The molecule has 1 atom stereocenters. The third kappa shape index (κ3) is 10.0. The van der Waals surface area contributed by atoms with E-state index >= 15 is 0 Å². The molecular weight excluding hydrogens is 509 g/mol. The summed E-state index contributed by atoms with van der Waals surface area (Å²) in [7, 11) is 1.68. The van der Waals surface area contributed by atoms with E-state index in [0.29, 0.717) is 19.5 Å². The third-order valence-corrected chi connectivity index (χ3v) is 4.85. The molecule has 1 aliphatic rings. The zero-order valence-corrected chi connectivity index (χ0v) is 21.5. The molecule has 1 amide bonds. The first-order valence-electron chi connectivity index (χ1n) is 10.8. The van der Waals surface area contributed by atoms with Crippen molar-refractivity contribution in [3.63, 3.8) is 0 Å². The third-order valence-electron chi connectivity index (χ3n) is 4.85. The fourth-order valence-corrected chi connectivity index (χ4v) is 3.35. The van der Waals surface area contributed by atoms with Gasteiger partial charge in [0.1, 0.15) is 5.75 Å². The summed E-state index contributed by atoms with van der Waals surface area (Å²) >= 11 is 0. The number of methoxy groups -OCH3 is 1. The first kappa shape index (κ1) is 27.4. The molecule has 1 aliphatic heterocycles. The molecule has 1 aromatic rings. The van der Waals surface area contributed by atoms with Gasteiger partial charge in [-0.1, -0.05) is 12.1 Å². The number of hydrogen-bond donors (Lipinski definition) is 3. The summed E-state index contributed by atoms with van der Waals surface area (Å²) in [5.41, 5.74) is 1.20. The lowest BCUT2D eigenvalue weighted by Gasteiger charge is -2.34. The van der Waals surface area contributed by atoms with E-state index in [0.717, 1.165) is 44.6 Å². The summed E-state index contributed by atoms with van der Waals surface area (Å²) in [5, 5.41) is 9.44. The van der Waals surface area contributed by atoms with Gasteiger partial charge in [0.25, 0.3) is 0 Å². The van der Waals surface area contributed by atoms with Gasteiger partial charge < -0.3 is 25.4 Å². The second-order valence-electron chi connectivity index (χ2n) is 7.56. The standard InChI is InChI=1S/C22H37N5O3.HI/c1-5-23-22(24-11-10-21(28)26-17(2)3)25-16-20(27-12-14-30-15-13-27)18-6-8-19(29-4)9-7-18;/h6-9,17,20H,5,10-16H2,1-4H3,(H,26,28)(H2,23,24,25);1H. The average Bonchev–Trinajstić information content (AvgIpc) is 2.74. The zero-order chi connectivity index (χ0) is 21.8. The highest BCUT2D eigenvalue weighted by Crippen LogP contribution is 2.24. The largest absolute Gasteiger partial charge is 0.497 e. The molecule has 31 heavy (non-hydrogen) atoms. The lowest BCUT2D eigenvalue weighted by atomic mass is 10.0. The Morgan fingerprint density at radius 1 is 1.19 bits per heavy atom. The monoisotopic (exact) mass is 547 g/mol. The Hall–Kier alpha value is -1.59. The van der Waals surface area contributed by atoms with Crippen molar-refractivity contribution < 1.29 is 14.3 Å². The smallest absolute Gasteiger partial charge is 0.221 e. The van der Waals surface area contributed by atoms with Crippen LogP contribution < -0.4 is 20.7 Å². The molecule has 0 bridgehead atoms. The molecule has 0 aliphatic carbocycles. The number of hydrogen-bond acceptors (Lipinski definition) is 5. The van der Waals surface area contributed by atoms with Crippen molar-refractivity contribution in [2.24, 2.45) is 4.99 Å². The van der Waals surface area contributed by atoms with E-state index in [1.54, 1.807) is 7.11 Å². The van der Waals surface area contributed by atoms with E-state index in [1.165, 1.54) is 5.56 Å². The van der Waals surface area contributed by atoms with Crippen LogP contribution >= 0.6 is 24.0 Å². The van der Waals surface area contributed by atoms with Crippen LogP contribution in [0.4, 0.5) is 0 Å². The molecule has 1 aromatic carbocycles. The number of rotatable bonds is 10. The number of ether oxygens (including phenoxy) is 2. The topological polar surface area (TPSA) is 87.2 Å². The molecule has 9 heteroatoms. The molecule has 0 aromatic heterocycles. The summed E-state index contributed by atoms with van der Waals surface area (Å²) < 4.78 is 10.8. The number of guanidine groups is 1. The second kappa shape index (κ2) is 15.3. The molecule has 3 N–H and O–H groups in total. The van der Waals surface area contributed by atoms with Crippen LogP contribution in [-0.4, -0.2) is 75.9 Å². The highest BCUT2D eigenvalue weighted by molar-refractivity contribution is 14.0. The molecule has 2 rings (SSSR count). The van der Waals surface area contributed by atoms with Crippen LogP contribution in [0, 0.1) is 0 Å². The van der Waals surface area contributed by atoms with Crippen molar-refractivity contribution in [3.05, 3.63) is 29.8 Å². The number of nitrogens with zero attached hydrogens (tertiary/aromatic N) is 2. The zero-order valence-electron chi connectivity index (χ0n) is 19.1. The Bertz CT molecular complexity index is 664. The van der Waals surface area contributed by atoms with Crippen LogP contribution in [0.25, 0.3) is 0 Å². The number of carbonyl (C=O) groups is 1. The van der Waals surface area contributed by atoms with Crippen LogP contribution in [0.1, 0.15) is 38.8 Å². The highest BCUT2D eigenvalue weighted by Gasteiger charge is 2.22. The lowest BCUT2D eigenvalue weighted by molar-refractivity contribution is -0.121. The van der Waals surface area contributed by atoms with E-state index in [9.17, 15) is 4.79 Å². The van der Waals surface area contributed by atoms with Gasteiger partial charge >= 0.3 is 0 Å². The van der Waals surface area contributed by atoms with Gasteiger partial charge in [-0.3, -0.25) is 14.7 Å². The number of morpholine rings is 1. The molecule has 0 spiro atoms. The maximum atomic E-state index is 11.9. The summed E-state index contributed by atoms with van der Waals surface area (Å²) in [4.78, 5) is 19.1. The molecule has 1 fully saturated rings. The number of carbonyl (C=O) groups excluding carboxylic acids is 1. The summed E-state index contributed by atoms with van der Waals surface area (Å²) in [6.07, 6.45) is 0.411. The second-order valence-corrected chi connectivity index (χ2v) is 7.56. The van der Waals surface area contributed by atoms with Crippen molar-refractivity contribution in [1.82, 2.24) is 20.9 Å². The van der Waals surface area contributed by atoms with Gasteiger partial charge in [0.05, 0.1) is 32.9 Å². The summed E-state index contributed by atoms with van der Waals surface area (Å²) in [6, 6.07) is 8.49.